The smallest absolute Gasteiger partial charge is 0.267 e. The molecule has 7 heteroatoms. The van der Waals surface area contributed by atoms with Gasteiger partial charge in [0, 0.05) is 45.5 Å². The molecule has 1 fully saturated rings. The topological polar surface area (TPSA) is 89.4 Å². The Morgan fingerprint density at radius 3 is 2.88 bits per heavy atom. The van der Waals surface area contributed by atoms with E-state index in [0.29, 0.717) is 18.0 Å². The first-order valence-electron chi connectivity index (χ1n) is 8.36. The number of nitriles is 1. The number of hydrogen-bond acceptors (Lipinski definition) is 6. The maximum Gasteiger partial charge on any atom is 0.267 e. The summed E-state index contributed by atoms with van der Waals surface area (Å²) in [4.78, 5) is 14.6. The predicted octanol–water partition coefficient (Wildman–Crippen LogP) is 0.844. The normalized spacial score (nSPS) is 15.3. The van der Waals surface area contributed by atoms with Gasteiger partial charge in [0.15, 0.2) is 0 Å². The maximum atomic E-state index is 12.3. The lowest BCUT2D eigenvalue weighted by molar-refractivity contribution is -0.112. The molecule has 1 saturated heterocycles. The van der Waals surface area contributed by atoms with Crippen molar-refractivity contribution in [2.24, 2.45) is 0 Å². The van der Waals surface area contributed by atoms with Crippen LogP contribution in [-0.4, -0.2) is 57.2 Å². The maximum absolute atomic E-state index is 12.3. The Balaban J connectivity index is 1.89. The van der Waals surface area contributed by atoms with Gasteiger partial charge < -0.3 is 20.7 Å². The molecule has 0 saturated carbocycles. The van der Waals surface area contributed by atoms with E-state index in [1.807, 2.05) is 25.1 Å². The monoisotopic (exact) mass is 343 g/mol. The SMILES string of the molecule is COc1ccc(C)cc1NC(=O)/C(C#N)=C\NCCN1CCNCC1. The summed E-state index contributed by atoms with van der Waals surface area (Å²) in [6.45, 7) is 7.53. The summed E-state index contributed by atoms with van der Waals surface area (Å²) in [6, 6.07) is 7.42. The van der Waals surface area contributed by atoms with Crippen LogP contribution in [-0.2, 0) is 4.79 Å². The van der Waals surface area contributed by atoms with Crippen molar-refractivity contribution in [3.8, 4) is 11.8 Å². The fourth-order valence-corrected chi connectivity index (χ4v) is 2.59. The number of benzene rings is 1. The van der Waals surface area contributed by atoms with Gasteiger partial charge in [0.25, 0.3) is 5.91 Å². The lowest BCUT2D eigenvalue weighted by Gasteiger charge is -2.26. The average molecular weight is 343 g/mol. The van der Waals surface area contributed by atoms with E-state index in [0.717, 1.165) is 38.3 Å². The first kappa shape index (κ1) is 18.8. The van der Waals surface area contributed by atoms with Crippen LogP contribution in [0.15, 0.2) is 30.0 Å². The zero-order valence-corrected chi connectivity index (χ0v) is 14.8. The molecule has 1 heterocycles. The Morgan fingerprint density at radius 1 is 1.44 bits per heavy atom. The van der Waals surface area contributed by atoms with Crippen LogP contribution >= 0.6 is 0 Å². The van der Waals surface area contributed by atoms with E-state index in [2.05, 4.69) is 20.9 Å². The van der Waals surface area contributed by atoms with Crippen LogP contribution in [0.2, 0.25) is 0 Å². The minimum atomic E-state index is -0.457. The summed E-state index contributed by atoms with van der Waals surface area (Å²) in [5.74, 6) is 0.101. The third-order valence-corrected chi connectivity index (χ3v) is 4.00. The summed E-state index contributed by atoms with van der Waals surface area (Å²) in [7, 11) is 1.54. The Bertz CT molecular complexity index is 660. The highest BCUT2D eigenvalue weighted by atomic mass is 16.5. The molecule has 0 aromatic heterocycles. The average Bonchev–Trinajstić information content (AvgIpc) is 2.63. The third-order valence-electron chi connectivity index (χ3n) is 4.00. The van der Waals surface area contributed by atoms with Crippen LogP contribution in [0.25, 0.3) is 0 Å². The van der Waals surface area contributed by atoms with E-state index in [-0.39, 0.29) is 5.57 Å². The number of methoxy groups -OCH3 is 1. The Labute approximate surface area is 148 Å². The zero-order chi connectivity index (χ0) is 18.1. The second-order valence-corrected chi connectivity index (χ2v) is 5.87. The van der Waals surface area contributed by atoms with Gasteiger partial charge in [-0.25, -0.2) is 0 Å². The fourth-order valence-electron chi connectivity index (χ4n) is 2.59. The number of piperazine rings is 1. The summed E-state index contributed by atoms with van der Waals surface area (Å²) in [6.07, 6.45) is 1.47. The number of anilines is 1. The first-order valence-corrected chi connectivity index (χ1v) is 8.36. The van der Waals surface area contributed by atoms with E-state index < -0.39 is 5.91 Å². The molecule has 1 aliphatic heterocycles. The largest absolute Gasteiger partial charge is 0.495 e. The van der Waals surface area contributed by atoms with Gasteiger partial charge >= 0.3 is 0 Å². The van der Waals surface area contributed by atoms with Crippen LogP contribution in [0.3, 0.4) is 0 Å². The van der Waals surface area contributed by atoms with Gasteiger partial charge in [-0.3, -0.25) is 9.69 Å². The number of hydrogen-bond donors (Lipinski definition) is 3. The van der Waals surface area contributed by atoms with Gasteiger partial charge in [-0.2, -0.15) is 5.26 Å². The van der Waals surface area contributed by atoms with Crippen molar-refractivity contribution in [3.63, 3.8) is 0 Å². The minimum absolute atomic E-state index is 0.0314. The van der Waals surface area contributed by atoms with Gasteiger partial charge in [0.2, 0.25) is 0 Å². The minimum Gasteiger partial charge on any atom is -0.495 e. The predicted molar refractivity (Wildman–Crippen MR) is 97.4 cm³/mol. The van der Waals surface area contributed by atoms with E-state index in [1.165, 1.54) is 6.20 Å². The van der Waals surface area contributed by atoms with Gasteiger partial charge in [-0.15, -0.1) is 0 Å². The van der Waals surface area contributed by atoms with Gasteiger partial charge in [-0.1, -0.05) is 6.07 Å². The molecule has 0 spiro atoms. The van der Waals surface area contributed by atoms with Crippen LogP contribution in [0.4, 0.5) is 5.69 Å². The standard InChI is InChI=1S/C18H25N5O2/c1-14-3-4-17(25-2)16(11-14)22-18(24)15(12-19)13-21-7-10-23-8-5-20-6-9-23/h3-4,11,13,20-21H,5-10H2,1-2H3,(H,22,24)/b15-13-. The highest BCUT2D eigenvalue weighted by molar-refractivity contribution is 6.07. The number of nitrogens with zero attached hydrogens (tertiary/aromatic N) is 2. The lowest BCUT2D eigenvalue weighted by atomic mass is 10.2. The molecule has 0 radical (unpaired) electrons. The highest BCUT2D eigenvalue weighted by Crippen LogP contribution is 2.25. The Hall–Kier alpha value is -2.56. The summed E-state index contributed by atoms with van der Waals surface area (Å²) < 4.78 is 5.24. The van der Waals surface area contributed by atoms with Crippen LogP contribution in [0, 0.1) is 18.3 Å². The molecule has 1 aromatic rings. The Kier molecular flexibility index (Phi) is 7.26. The second-order valence-electron chi connectivity index (χ2n) is 5.87. The quantitative estimate of drug-likeness (QED) is 0.386. The molecule has 0 atom stereocenters. The number of carbonyl (C=O) groups is 1. The van der Waals surface area contributed by atoms with Crippen molar-refractivity contribution in [1.29, 1.82) is 5.26 Å². The second kappa shape index (κ2) is 9.67. The van der Waals surface area contributed by atoms with E-state index in [4.69, 9.17) is 4.74 Å². The van der Waals surface area contributed by atoms with Crippen molar-refractivity contribution in [1.82, 2.24) is 15.5 Å². The summed E-state index contributed by atoms with van der Waals surface area (Å²) >= 11 is 0. The molecule has 134 valence electrons. The van der Waals surface area contributed by atoms with E-state index in [1.54, 1.807) is 13.2 Å². The van der Waals surface area contributed by atoms with Gasteiger partial charge in [-0.05, 0) is 24.6 Å². The number of ether oxygens (including phenoxy) is 1. The molecular weight excluding hydrogens is 318 g/mol. The van der Waals surface area contributed by atoms with Crippen LogP contribution in [0.5, 0.6) is 5.75 Å². The molecule has 1 aromatic carbocycles. The molecular formula is C18H25N5O2. The third kappa shape index (κ3) is 5.78. The number of rotatable bonds is 7. The van der Waals surface area contributed by atoms with E-state index >= 15 is 0 Å². The molecule has 2 rings (SSSR count). The first-order chi connectivity index (χ1) is 12.1. The van der Waals surface area contributed by atoms with Crippen molar-refractivity contribution >= 4 is 11.6 Å². The van der Waals surface area contributed by atoms with E-state index in [9.17, 15) is 10.1 Å². The molecule has 0 unspecified atom stereocenters. The van der Waals surface area contributed by atoms with Gasteiger partial charge in [0.1, 0.15) is 17.4 Å². The molecule has 0 bridgehead atoms. The lowest BCUT2D eigenvalue weighted by Crippen LogP contribution is -2.45. The van der Waals surface area contributed by atoms with Crippen LogP contribution < -0.4 is 20.7 Å². The molecule has 0 aliphatic carbocycles. The Morgan fingerprint density at radius 2 is 2.20 bits per heavy atom. The molecule has 1 aliphatic rings. The number of carbonyl (C=O) groups excluding carboxylic acids is 1. The molecule has 7 nitrogen and oxygen atoms in total. The zero-order valence-electron chi connectivity index (χ0n) is 14.8. The van der Waals surface area contributed by atoms with Gasteiger partial charge in [0.05, 0.1) is 12.8 Å². The number of amides is 1. The number of nitrogens with one attached hydrogen (secondary N) is 3. The van der Waals surface area contributed by atoms with Crippen molar-refractivity contribution in [2.45, 2.75) is 6.92 Å². The molecule has 25 heavy (non-hydrogen) atoms. The molecule has 3 N–H and O–H groups in total. The summed E-state index contributed by atoms with van der Waals surface area (Å²) in [5, 5.41) is 18.3. The van der Waals surface area contributed by atoms with Crippen LogP contribution in [0.1, 0.15) is 5.56 Å². The fraction of sp³-hybridized carbons (Fsp3) is 0.444. The van der Waals surface area contributed by atoms with Crippen molar-refractivity contribution in [2.75, 3.05) is 51.7 Å². The highest BCUT2D eigenvalue weighted by Gasteiger charge is 2.13. The summed E-state index contributed by atoms with van der Waals surface area (Å²) in [5.41, 5.74) is 1.58. The number of aryl methyl sites for hydroxylation is 1. The van der Waals surface area contributed by atoms with Crippen molar-refractivity contribution in [3.05, 3.63) is 35.5 Å². The van der Waals surface area contributed by atoms with Crippen molar-refractivity contribution < 1.29 is 9.53 Å². The molecule has 1 amide bonds.